The molecule has 0 bridgehead atoms. The second-order valence-electron chi connectivity index (χ2n) is 9.91. The average molecular weight is 378 g/mol. The molecule has 0 fully saturated rings. The van der Waals surface area contributed by atoms with Crippen LogP contribution < -0.4 is 9.75 Å². The molecule has 0 N–H and O–H groups in total. The highest BCUT2D eigenvalue weighted by Gasteiger charge is 2.24. The third-order valence-corrected chi connectivity index (χ3v) is 7.70. The van der Waals surface area contributed by atoms with E-state index in [9.17, 15) is 0 Å². The van der Waals surface area contributed by atoms with Crippen LogP contribution in [0.4, 0.5) is 0 Å². The van der Waals surface area contributed by atoms with Crippen molar-refractivity contribution in [2.75, 3.05) is 0 Å². The maximum Gasteiger partial charge on any atom is 0.220 e. The van der Waals surface area contributed by atoms with Gasteiger partial charge < -0.3 is 0 Å². The van der Waals surface area contributed by atoms with Gasteiger partial charge in [-0.05, 0) is 41.0 Å². The zero-order chi connectivity index (χ0) is 21.0. The van der Waals surface area contributed by atoms with Gasteiger partial charge in [-0.25, -0.2) is 0 Å². The summed E-state index contributed by atoms with van der Waals surface area (Å²) in [5.74, 6) is 0. The van der Waals surface area contributed by atoms with Crippen LogP contribution in [-0.4, -0.2) is 8.07 Å². The molecular formula is C25H34NSi+. The predicted molar refractivity (Wildman–Crippen MR) is 122 cm³/mol. The Hall–Kier alpha value is -1.93. The Labute approximate surface area is 167 Å². The van der Waals surface area contributed by atoms with Gasteiger partial charge in [-0.1, -0.05) is 69.9 Å². The quantitative estimate of drug-likeness (QED) is 0.393. The summed E-state index contributed by atoms with van der Waals surface area (Å²) in [5, 5.41) is 3.66. The van der Waals surface area contributed by atoms with Crippen molar-refractivity contribution in [1.82, 2.24) is 0 Å². The molecule has 3 aromatic rings. The summed E-state index contributed by atoms with van der Waals surface area (Å²) in [6.07, 6.45) is 0. The molecule has 142 valence electrons. The first-order valence-electron chi connectivity index (χ1n) is 10.4. The van der Waals surface area contributed by atoms with Crippen LogP contribution in [0.3, 0.4) is 0 Å². The van der Waals surface area contributed by atoms with Gasteiger partial charge in [0.05, 0.1) is 20.4 Å². The number of hydrogen-bond acceptors (Lipinski definition) is 0. The van der Waals surface area contributed by atoms with Gasteiger partial charge in [-0.3, -0.25) is 0 Å². The van der Waals surface area contributed by atoms with E-state index in [2.05, 4.69) is 102 Å². The van der Waals surface area contributed by atoms with E-state index in [4.69, 9.17) is 1.37 Å². The molecule has 0 spiro atoms. The lowest BCUT2D eigenvalue weighted by Crippen LogP contribution is -2.38. The third-order valence-electron chi connectivity index (χ3n) is 5.65. The number of fused-ring (bicyclic) bond motifs is 1. The fourth-order valence-corrected chi connectivity index (χ4v) is 4.78. The number of rotatable bonds is 2. The smallest absolute Gasteiger partial charge is 0.198 e. The molecule has 0 saturated carbocycles. The SMILES string of the molecule is [2H]c1c(C)[n+](C)c(-c2cc(C(C)(C)C)ccc2C)c2ccc([Si](C)(C)C)cc12. The lowest BCUT2D eigenvalue weighted by Gasteiger charge is -2.21. The molecule has 27 heavy (non-hydrogen) atoms. The Morgan fingerprint density at radius 3 is 2.22 bits per heavy atom. The van der Waals surface area contributed by atoms with Crippen molar-refractivity contribution in [3.8, 4) is 11.3 Å². The highest BCUT2D eigenvalue weighted by molar-refractivity contribution is 6.88. The number of aromatic nitrogens is 1. The van der Waals surface area contributed by atoms with E-state index in [0.717, 1.165) is 11.1 Å². The molecule has 0 aliphatic heterocycles. The predicted octanol–water partition coefficient (Wildman–Crippen LogP) is 5.79. The van der Waals surface area contributed by atoms with Gasteiger partial charge in [0.2, 0.25) is 5.69 Å². The maximum absolute atomic E-state index is 8.78. The second-order valence-corrected chi connectivity index (χ2v) is 15.0. The van der Waals surface area contributed by atoms with Crippen LogP contribution in [0.25, 0.3) is 22.0 Å². The maximum atomic E-state index is 8.78. The van der Waals surface area contributed by atoms with E-state index >= 15 is 0 Å². The molecular weight excluding hydrogens is 342 g/mol. The largest absolute Gasteiger partial charge is 0.220 e. The Kier molecular flexibility index (Phi) is 4.50. The molecule has 0 saturated heterocycles. The number of hydrogen-bond donors (Lipinski definition) is 0. The molecule has 0 aliphatic carbocycles. The van der Waals surface area contributed by atoms with Crippen molar-refractivity contribution in [2.24, 2.45) is 7.05 Å². The van der Waals surface area contributed by atoms with Crippen LogP contribution >= 0.6 is 0 Å². The zero-order valence-corrected chi connectivity index (χ0v) is 19.4. The summed E-state index contributed by atoms with van der Waals surface area (Å²) < 4.78 is 11.0. The van der Waals surface area contributed by atoms with Crippen molar-refractivity contribution < 1.29 is 5.94 Å². The van der Waals surface area contributed by atoms with E-state index < -0.39 is 8.07 Å². The van der Waals surface area contributed by atoms with Gasteiger partial charge in [-0.15, -0.1) is 0 Å². The van der Waals surface area contributed by atoms with Crippen LogP contribution in [0.2, 0.25) is 19.6 Å². The van der Waals surface area contributed by atoms with Crippen molar-refractivity contribution in [1.29, 1.82) is 0 Å². The standard InChI is InChI=1S/C25H34NSi/c1-17-10-11-20(25(3,4)5)16-23(17)24-22-13-12-21(27(7,8)9)15-19(22)14-18(2)26(24)6/h10-16H,1-9H3/q+1/i14D. The molecule has 1 heterocycles. The minimum atomic E-state index is -1.44. The Morgan fingerprint density at radius 1 is 0.963 bits per heavy atom. The van der Waals surface area contributed by atoms with Crippen molar-refractivity contribution in [2.45, 2.75) is 59.7 Å². The highest BCUT2D eigenvalue weighted by Crippen LogP contribution is 2.32. The second kappa shape index (κ2) is 6.59. The molecule has 0 unspecified atom stereocenters. The van der Waals surface area contributed by atoms with E-state index in [1.807, 2.05) is 0 Å². The van der Waals surface area contributed by atoms with E-state index in [0.29, 0.717) is 6.04 Å². The molecule has 0 aliphatic rings. The van der Waals surface area contributed by atoms with Crippen LogP contribution in [0.1, 0.15) is 39.0 Å². The first kappa shape index (κ1) is 18.4. The lowest BCUT2D eigenvalue weighted by molar-refractivity contribution is -0.665. The normalized spacial score (nSPS) is 13.1. The molecule has 0 radical (unpaired) electrons. The first-order chi connectivity index (χ1) is 12.8. The van der Waals surface area contributed by atoms with Gasteiger partial charge in [0.1, 0.15) is 7.05 Å². The Bertz CT molecular complexity index is 1070. The first-order valence-corrected chi connectivity index (χ1v) is 13.4. The lowest BCUT2D eigenvalue weighted by atomic mass is 9.84. The monoisotopic (exact) mass is 377 g/mol. The molecule has 0 atom stereocenters. The van der Waals surface area contributed by atoms with Gasteiger partial charge >= 0.3 is 0 Å². The summed E-state index contributed by atoms with van der Waals surface area (Å²) >= 11 is 0. The van der Waals surface area contributed by atoms with Crippen LogP contribution in [0.5, 0.6) is 0 Å². The van der Waals surface area contributed by atoms with Crippen LogP contribution in [0.15, 0.2) is 42.4 Å². The van der Waals surface area contributed by atoms with E-state index in [1.54, 1.807) is 0 Å². The number of nitrogens with zero attached hydrogens (tertiary/aromatic N) is 1. The number of aryl methyl sites for hydroxylation is 1. The molecule has 2 aromatic carbocycles. The molecule has 1 nitrogen and oxygen atoms in total. The number of pyridine rings is 1. The summed E-state index contributed by atoms with van der Waals surface area (Å²) in [6.45, 7) is 18.1. The average Bonchev–Trinajstić information content (AvgIpc) is 2.59. The van der Waals surface area contributed by atoms with Crippen LogP contribution in [0, 0.1) is 13.8 Å². The van der Waals surface area contributed by atoms with Crippen molar-refractivity contribution in [3.63, 3.8) is 0 Å². The van der Waals surface area contributed by atoms with Gasteiger partial charge in [0.15, 0.2) is 5.69 Å². The summed E-state index contributed by atoms with van der Waals surface area (Å²) in [7, 11) is 0.659. The summed E-state index contributed by atoms with van der Waals surface area (Å²) in [5.41, 5.74) is 6.21. The molecule has 1 aromatic heterocycles. The van der Waals surface area contributed by atoms with Crippen molar-refractivity contribution in [3.05, 3.63) is 59.3 Å². The fraction of sp³-hybridized carbons (Fsp3) is 0.400. The zero-order valence-electron chi connectivity index (χ0n) is 19.4. The van der Waals surface area contributed by atoms with Gasteiger partial charge in [-0.2, -0.15) is 4.57 Å². The fourth-order valence-electron chi connectivity index (χ4n) is 3.62. The third kappa shape index (κ3) is 3.73. The van der Waals surface area contributed by atoms with Crippen molar-refractivity contribution >= 4 is 24.0 Å². The molecule has 3 rings (SSSR count). The van der Waals surface area contributed by atoms with E-state index in [1.165, 1.54) is 33.0 Å². The Balaban J connectivity index is 2.43. The number of benzene rings is 2. The minimum absolute atomic E-state index is 0.103. The summed E-state index contributed by atoms with van der Waals surface area (Å²) in [6, 6.07) is 14.3. The minimum Gasteiger partial charge on any atom is -0.198 e. The topological polar surface area (TPSA) is 3.88 Å². The molecule has 2 heteroatoms. The highest BCUT2D eigenvalue weighted by atomic mass is 28.3. The summed E-state index contributed by atoms with van der Waals surface area (Å²) in [4.78, 5) is 0. The van der Waals surface area contributed by atoms with Gasteiger partial charge in [0, 0.05) is 13.0 Å². The van der Waals surface area contributed by atoms with Gasteiger partial charge in [0.25, 0.3) is 0 Å². The molecule has 0 amide bonds. The van der Waals surface area contributed by atoms with E-state index in [-0.39, 0.29) is 5.41 Å². The van der Waals surface area contributed by atoms with Crippen LogP contribution in [-0.2, 0) is 12.5 Å². The Morgan fingerprint density at radius 2 is 1.63 bits per heavy atom.